The summed E-state index contributed by atoms with van der Waals surface area (Å²) < 4.78 is 12.8. The van der Waals surface area contributed by atoms with Crippen LogP contribution in [0.1, 0.15) is 47.8 Å². The van der Waals surface area contributed by atoms with Gasteiger partial charge in [0, 0.05) is 10.9 Å². The quantitative estimate of drug-likeness (QED) is 0.811. The predicted octanol–water partition coefficient (Wildman–Crippen LogP) is 4.11. The monoisotopic (exact) mass is 330 g/mol. The molecule has 0 aliphatic carbocycles. The molecule has 1 unspecified atom stereocenters. The van der Waals surface area contributed by atoms with Crippen molar-refractivity contribution in [1.82, 2.24) is 0 Å². The van der Waals surface area contributed by atoms with Crippen LogP contribution in [0.4, 0.5) is 0 Å². The van der Waals surface area contributed by atoms with Crippen molar-refractivity contribution in [2.24, 2.45) is 0 Å². The molecule has 122 valence electrons. The minimum Gasteiger partial charge on any atom is -0.336 e. The smallest absolute Gasteiger partial charge is 0.298 e. The molecule has 4 heteroatoms. The van der Waals surface area contributed by atoms with E-state index in [2.05, 4.69) is 6.92 Å². The van der Waals surface area contributed by atoms with Gasteiger partial charge in [0.1, 0.15) is 0 Å². The zero-order valence-corrected chi connectivity index (χ0v) is 14.8. The van der Waals surface area contributed by atoms with Crippen LogP contribution in [0.3, 0.4) is 0 Å². The molecular weight excluding hydrogens is 307 g/mol. The lowest BCUT2D eigenvalue weighted by atomic mass is 9.94. The van der Waals surface area contributed by atoms with Gasteiger partial charge >= 0.3 is 0 Å². The highest BCUT2D eigenvalue weighted by Gasteiger charge is 2.34. The Hall–Kier alpha value is -1.70. The Morgan fingerprint density at radius 2 is 1.48 bits per heavy atom. The first kappa shape index (κ1) is 17.7. The van der Waals surface area contributed by atoms with Gasteiger partial charge in [-0.2, -0.15) is 0 Å². The normalized spacial score (nSPS) is 13.6. The molecule has 2 aromatic rings. The van der Waals surface area contributed by atoms with E-state index in [-0.39, 0.29) is 5.30 Å². The van der Waals surface area contributed by atoms with Crippen molar-refractivity contribution in [2.75, 3.05) is 0 Å². The molecule has 0 heterocycles. The Bertz CT molecular complexity index is 725. The van der Waals surface area contributed by atoms with Gasteiger partial charge in [0.25, 0.3) is 12.9 Å². The zero-order valence-electron chi connectivity index (χ0n) is 13.9. The lowest BCUT2D eigenvalue weighted by molar-refractivity contribution is 0.106. The highest BCUT2D eigenvalue weighted by Crippen LogP contribution is 2.44. The van der Waals surface area contributed by atoms with Crippen LogP contribution in [0, 0.1) is 0 Å². The van der Waals surface area contributed by atoms with Crippen molar-refractivity contribution < 1.29 is 14.3 Å². The summed E-state index contributed by atoms with van der Waals surface area (Å²) in [5.74, 6) is 0. The summed E-state index contributed by atoms with van der Waals surface area (Å²) >= 11 is 0. The van der Waals surface area contributed by atoms with Gasteiger partial charge in [-0.25, -0.2) is 0 Å². The number of hydrogen-bond acceptors (Lipinski definition) is 2. The van der Waals surface area contributed by atoms with Crippen molar-refractivity contribution >= 4 is 18.2 Å². The first-order valence-electron chi connectivity index (χ1n) is 8.03. The van der Waals surface area contributed by atoms with E-state index < -0.39 is 12.9 Å². The van der Waals surface area contributed by atoms with Crippen LogP contribution in [-0.4, -0.2) is 10.4 Å². The summed E-state index contributed by atoms with van der Waals surface area (Å²) in [5, 5.41) is 0.189. The minimum absolute atomic E-state index is 0.189. The highest BCUT2D eigenvalue weighted by atomic mass is 31.2. The molecule has 0 amide bonds. The molecule has 2 rings (SSSR count). The van der Waals surface area contributed by atoms with Crippen molar-refractivity contribution in [3.8, 4) is 0 Å². The van der Waals surface area contributed by atoms with Crippen LogP contribution >= 0.6 is 7.37 Å². The van der Waals surface area contributed by atoms with Gasteiger partial charge in [-0.1, -0.05) is 51.1 Å². The first-order chi connectivity index (χ1) is 11.0. The number of hydrogen-bond donors (Lipinski definition) is 1. The average molecular weight is 330 g/mol. The SMILES string of the molecule is CCc1cc(CC)c(C(=O)P(=O)(O)c2ccccc2)c(CC)c1. The van der Waals surface area contributed by atoms with E-state index in [4.69, 9.17) is 0 Å². The predicted molar refractivity (Wildman–Crippen MR) is 94.8 cm³/mol. The van der Waals surface area contributed by atoms with Gasteiger partial charge in [-0.15, -0.1) is 0 Å². The molecule has 0 saturated heterocycles. The molecule has 0 radical (unpaired) electrons. The molecule has 23 heavy (non-hydrogen) atoms. The van der Waals surface area contributed by atoms with E-state index in [0.29, 0.717) is 18.4 Å². The molecule has 3 nitrogen and oxygen atoms in total. The summed E-state index contributed by atoms with van der Waals surface area (Å²) in [5.41, 5.74) is 2.65. The van der Waals surface area contributed by atoms with E-state index in [9.17, 15) is 14.3 Å². The fourth-order valence-corrected chi connectivity index (χ4v) is 4.18. The molecule has 0 spiro atoms. The fraction of sp³-hybridized carbons (Fsp3) is 0.316. The highest BCUT2D eigenvalue weighted by molar-refractivity contribution is 7.82. The van der Waals surface area contributed by atoms with Crippen LogP contribution in [0.15, 0.2) is 42.5 Å². The Labute approximate surface area is 137 Å². The Morgan fingerprint density at radius 1 is 0.957 bits per heavy atom. The number of benzene rings is 2. The Morgan fingerprint density at radius 3 is 1.91 bits per heavy atom. The maximum absolute atomic E-state index is 12.9. The first-order valence-corrected chi connectivity index (χ1v) is 9.69. The van der Waals surface area contributed by atoms with E-state index in [0.717, 1.165) is 23.1 Å². The van der Waals surface area contributed by atoms with Crippen LogP contribution in [0.5, 0.6) is 0 Å². The molecular formula is C19H23O3P. The average Bonchev–Trinajstić information content (AvgIpc) is 2.60. The minimum atomic E-state index is -4.10. The standard InChI is InChI=1S/C19H23O3P/c1-4-14-12-15(5-2)18(16(6-3)13-14)19(20)23(21,22)17-10-8-7-9-11-17/h7-13H,4-6H2,1-3H3,(H,21,22). The fourth-order valence-electron chi connectivity index (χ4n) is 2.78. The molecule has 0 aliphatic heterocycles. The maximum Gasteiger partial charge on any atom is 0.298 e. The molecule has 0 bridgehead atoms. The van der Waals surface area contributed by atoms with E-state index in [1.54, 1.807) is 18.2 Å². The van der Waals surface area contributed by atoms with Gasteiger partial charge in [-0.3, -0.25) is 9.36 Å². The Kier molecular flexibility index (Phi) is 5.56. The molecule has 1 N–H and O–H groups in total. The zero-order chi connectivity index (χ0) is 17.0. The third-order valence-electron chi connectivity index (χ3n) is 4.13. The van der Waals surface area contributed by atoms with Gasteiger partial charge < -0.3 is 4.89 Å². The second kappa shape index (κ2) is 7.25. The van der Waals surface area contributed by atoms with Crippen molar-refractivity contribution in [3.63, 3.8) is 0 Å². The van der Waals surface area contributed by atoms with E-state index in [1.807, 2.05) is 26.0 Å². The van der Waals surface area contributed by atoms with E-state index >= 15 is 0 Å². The molecule has 1 atom stereocenters. The van der Waals surface area contributed by atoms with E-state index in [1.165, 1.54) is 12.1 Å². The summed E-state index contributed by atoms with van der Waals surface area (Å²) in [7, 11) is -4.10. The summed E-state index contributed by atoms with van der Waals surface area (Å²) in [6.07, 6.45) is 2.21. The second-order valence-corrected chi connectivity index (χ2v) is 7.64. The van der Waals surface area contributed by atoms with Gasteiger partial charge in [0.2, 0.25) is 0 Å². The van der Waals surface area contributed by atoms with Gasteiger partial charge in [0.15, 0.2) is 0 Å². The van der Waals surface area contributed by atoms with Crippen LogP contribution in [-0.2, 0) is 23.8 Å². The summed E-state index contributed by atoms with van der Waals surface area (Å²) in [6.45, 7) is 6.00. The summed E-state index contributed by atoms with van der Waals surface area (Å²) in [6, 6.07) is 12.2. The largest absolute Gasteiger partial charge is 0.336 e. The van der Waals surface area contributed by atoms with Crippen molar-refractivity contribution in [1.29, 1.82) is 0 Å². The van der Waals surface area contributed by atoms with Gasteiger partial charge in [-0.05, 0) is 48.1 Å². The maximum atomic E-state index is 12.9. The molecule has 0 fully saturated rings. The number of carbonyl (C=O) groups excluding carboxylic acids is 1. The third-order valence-corrected chi connectivity index (χ3v) is 5.90. The number of aryl methyl sites for hydroxylation is 3. The lowest BCUT2D eigenvalue weighted by Crippen LogP contribution is -2.16. The van der Waals surface area contributed by atoms with Crippen LogP contribution < -0.4 is 5.30 Å². The van der Waals surface area contributed by atoms with Gasteiger partial charge in [0.05, 0.1) is 0 Å². The van der Waals surface area contributed by atoms with Crippen LogP contribution in [0.2, 0.25) is 0 Å². The van der Waals surface area contributed by atoms with Crippen molar-refractivity contribution in [3.05, 3.63) is 64.7 Å². The topological polar surface area (TPSA) is 54.4 Å². The van der Waals surface area contributed by atoms with Crippen molar-refractivity contribution in [2.45, 2.75) is 40.0 Å². The molecule has 0 aliphatic rings. The molecule has 0 saturated carbocycles. The lowest BCUT2D eigenvalue weighted by Gasteiger charge is -2.17. The third kappa shape index (κ3) is 3.46. The number of rotatable bonds is 6. The second-order valence-electron chi connectivity index (χ2n) is 5.57. The molecule has 2 aromatic carbocycles. The molecule has 0 aromatic heterocycles. The van der Waals surface area contributed by atoms with Crippen LogP contribution in [0.25, 0.3) is 0 Å². The number of carbonyl (C=O) groups is 1. The Balaban J connectivity index is 2.61. The summed E-state index contributed by atoms with van der Waals surface area (Å²) in [4.78, 5) is 23.4.